The predicted molar refractivity (Wildman–Crippen MR) is 91.5 cm³/mol. The molecule has 126 valence electrons. The Morgan fingerprint density at radius 1 is 1.17 bits per heavy atom. The Morgan fingerprint density at radius 3 is 2.65 bits per heavy atom. The summed E-state index contributed by atoms with van der Waals surface area (Å²) >= 11 is 0. The van der Waals surface area contributed by atoms with Gasteiger partial charge in [0.05, 0.1) is 13.2 Å². The summed E-state index contributed by atoms with van der Waals surface area (Å²) in [5.74, 6) is 0.309. The highest BCUT2D eigenvalue weighted by atomic mass is 16.5. The van der Waals surface area contributed by atoms with Gasteiger partial charge in [-0.25, -0.2) is 0 Å². The number of carbonyl (C=O) groups excluding carboxylic acids is 1. The molecule has 4 nitrogen and oxygen atoms in total. The van der Waals surface area contributed by atoms with Crippen LogP contribution in [0.2, 0.25) is 0 Å². The average molecular weight is 316 g/mol. The van der Waals surface area contributed by atoms with Crippen LogP contribution in [0.25, 0.3) is 0 Å². The van der Waals surface area contributed by atoms with Gasteiger partial charge >= 0.3 is 0 Å². The zero-order valence-electron chi connectivity index (χ0n) is 14.2. The molecule has 2 aliphatic rings. The molecule has 0 aliphatic carbocycles. The Kier molecular flexibility index (Phi) is 5.68. The monoisotopic (exact) mass is 316 g/mol. The van der Waals surface area contributed by atoms with Crippen molar-refractivity contribution >= 4 is 5.91 Å². The molecule has 2 heterocycles. The fraction of sp³-hybridized carbons (Fsp3) is 0.632. The first-order valence-electron chi connectivity index (χ1n) is 8.87. The molecule has 0 bridgehead atoms. The van der Waals surface area contributed by atoms with E-state index < -0.39 is 0 Å². The normalized spacial score (nSPS) is 23.0. The number of nitrogens with zero attached hydrogens (tertiary/aromatic N) is 2. The number of carbonyl (C=O) groups is 1. The van der Waals surface area contributed by atoms with Gasteiger partial charge in [0, 0.05) is 38.6 Å². The van der Waals surface area contributed by atoms with E-state index in [1.165, 1.54) is 17.5 Å². The van der Waals surface area contributed by atoms with Gasteiger partial charge in [-0.1, -0.05) is 29.8 Å². The van der Waals surface area contributed by atoms with Crippen molar-refractivity contribution in [2.24, 2.45) is 0 Å². The third-order valence-corrected chi connectivity index (χ3v) is 5.06. The molecule has 2 aliphatic heterocycles. The number of piperidine rings is 1. The van der Waals surface area contributed by atoms with E-state index in [1.54, 1.807) is 0 Å². The van der Waals surface area contributed by atoms with E-state index in [9.17, 15) is 4.79 Å². The van der Waals surface area contributed by atoms with Gasteiger partial charge < -0.3 is 9.64 Å². The minimum Gasteiger partial charge on any atom is -0.379 e. The van der Waals surface area contributed by atoms with Crippen molar-refractivity contribution in [3.8, 4) is 0 Å². The van der Waals surface area contributed by atoms with Crippen LogP contribution in [0.15, 0.2) is 24.3 Å². The van der Waals surface area contributed by atoms with Crippen molar-refractivity contribution in [2.45, 2.75) is 38.6 Å². The third kappa shape index (κ3) is 4.55. The maximum absolute atomic E-state index is 12.5. The highest BCUT2D eigenvalue weighted by Gasteiger charge is 2.28. The van der Waals surface area contributed by atoms with Crippen molar-refractivity contribution in [2.75, 3.05) is 39.4 Å². The molecular weight excluding hydrogens is 288 g/mol. The zero-order chi connectivity index (χ0) is 16.1. The molecule has 0 aromatic heterocycles. The minimum absolute atomic E-state index is 0.309. The lowest BCUT2D eigenvalue weighted by atomic mass is 10.0. The summed E-state index contributed by atoms with van der Waals surface area (Å²) in [6, 6.07) is 9.03. The lowest BCUT2D eigenvalue weighted by Gasteiger charge is -2.41. The fourth-order valence-electron chi connectivity index (χ4n) is 3.59. The molecule has 1 atom stereocenters. The molecule has 23 heavy (non-hydrogen) atoms. The van der Waals surface area contributed by atoms with Gasteiger partial charge in [-0.05, 0) is 31.7 Å². The summed E-state index contributed by atoms with van der Waals surface area (Å²) < 4.78 is 5.44. The second-order valence-electron chi connectivity index (χ2n) is 6.77. The number of hydrogen-bond acceptors (Lipinski definition) is 3. The van der Waals surface area contributed by atoms with E-state index >= 15 is 0 Å². The predicted octanol–water partition coefficient (Wildman–Crippen LogP) is 2.25. The van der Waals surface area contributed by atoms with Crippen LogP contribution in [0.5, 0.6) is 0 Å². The Hall–Kier alpha value is -1.39. The molecule has 3 rings (SSSR count). The molecule has 4 heteroatoms. The van der Waals surface area contributed by atoms with Gasteiger partial charge in [0.15, 0.2) is 0 Å². The summed E-state index contributed by atoms with van der Waals surface area (Å²) in [7, 11) is 0. The summed E-state index contributed by atoms with van der Waals surface area (Å²) in [4.78, 5) is 17.1. The van der Waals surface area contributed by atoms with E-state index in [4.69, 9.17) is 4.74 Å². The third-order valence-electron chi connectivity index (χ3n) is 5.06. The Balaban J connectivity index is 1.49. The largest absolute Gasteiger partial charge is 0.379 e. The molecule has 1 aromatic carbocycles. The Bertz CT molecular complexity index is 509. The molecular formula is C19H28N2O2. The first-order valence-corrected chi connectivity index (χ1v) is 8.87. The molecule has 1 unspecified atom stereocenters. The number of likely N-dealkylation sites (tertiary alicyclic amines) is 1. The van der Waals surface area contributed by atoms with Crippen molar-refractivity contribution in [3.63, 3.8) is 0 Å². The molecule has 1 aromatic rings. The standard InChI is InChI=1S/C19H28N2O2/c1-16-4-6-17(7-5-16)8-9-19(22)21-10-2-3-18(15-21)20-11-13-23-14-12-20/h4-7,18H,2-3,8-15H2,1H3. The summed E-state index contributed by atoms with van der Waals surface area (Å²) in [5.41, 5.74) is 2.52. The van der Waals surface area contributed by atoms with Crippen LogP contribution in [0, 0.1) is 6.92 Å². The molecule has 2 fully saturated rings. The van der Waals surface area contributed by atoms with Crippen molar-refractivity contribution in [1.29, 1.82) is 0 Å². The number of aryl methyl sites for hydroxylation is 2. The van der Waals surface area contributed by atoms with Gasteiger partial charge in [-0.15, -0.1) is 0 Å². The summed E-state index contributed by atoms with van der Waals surface area (Å²) in [5, 5.41) is 0. The summed E-state index contributed by atoms with van der Waals surface area (Å²) in [6.45, 7) is 7.59. The van der Waals surface area contributed by atoms with E-state index in [0.717, 1.165) is 52.2 Å². The van der Waals surface area contributed by atoms with Gasteiger partial charge in [0.25, 0.3) is 0 Å². The molecule has 0 N–H and O–H groups in total. The smallest absolute Gasteiger partial charge is 0.222 e. The molecule has 0 radical (unpaired) electrons. The zero-order valence-corrected chi connectivity index (χ0v) is 14.2. The van der Waals surface area contributed by atoms with Crippen LogP contribution < -0.4 is 0 Å². The first-order chi connectivity index (χ1) is 11.2. The van der Waals surface area contributed by atoms with Gasteiger partial charge in [-0.2, -0.15) is 0 Å². The molecule has 0 spiro atoms. The van der Waals surface area contributed by atoms with Crippen LogP contribution in [0.4, 0.5) is 0 Å². The van der Waals surface area contributed by atoms with E-state index in [2.05, 4.69) is 41.0 Å². The molecule has 2 saturated heterocycles. The number of ether oxygens (including phenoxy) is 1. The van der Waals surface area contributed by atoms with Crippen molar-refractivity contribution in [1.82, 2.24) is 9.80 Å². The summed E-state index contributed by atoms with van der Waals surface area (Å²) in [6.07, 6.45) is 3.80. The van der Waals surface area contributed by atoms with Crippen LogP contribution in [0.1, 0.15) is 30.4 Å². The van der Waals surface area contributed by atoms with E-state index in [1.807, 2.05) is 0 Å². The Morgan fingerprint density at radius 2 is 1.91 bits per heavy atom. The highest BCUT2D eigenvalue weighted by molar-refractivity contribution is 5.76. The van der Waals surface area contributed by atoms with E-state index in [0.29, 0.717) is 18.4 Å². The second-order valence-corrected chi connectivity index (χ2v) is 6.77. The van der Waals surface area contributed by atoms with Crippen LogP contribution in [-0.2, 0) is 16.0 Å². The second kappa shape index (κ2) is 7.93. The molecule has 0 saturated carbocycles. The topological polar surface area (TPSA) is 32.8 Å². The fourth-order valence-corrected chi connectivity index (χ4v) is 3.59. The van der Waals surface area contributed by atoms with Crippen LogP contribution >= 0.6 is 0 Å². The van der Waals surface area contributed by atoms with Crippen molar-refractivity contribution < 1.29 is 9.53 Å². The number of benzene rings is 1. The average Bonchev–Trinajstić information content (AvgIpc) is 2.62. The minimum atomic E-state index is 0.309. The first kappa shape index (κ1) is 16.5. The maximum Gasteiger partial charge on any atom is 0.222 e. The van der Waals surface area contributed by atoms with Crippen molar-refractivity contribution in [3.05, 3.63) is 35.4 Å². The van der Waals surface area contributed by atoms with Crippen LogP contribution in [-0.4, -0.2) is 61.1 Å². The van der Waals surface area contributed by atoms with E-state index in [-0.39, 0.29) is 0 Å². The van der Waals surface area contributed by atoms with Gasteiger partial charge in [0.2, 0.25) is 5.91 Å². The Labute approximate surface area is 139 Å². The SMILES string of the molecule is Cc1ccc(CCC(=O)N2CCCC(N3CCOCC3)C2)cc1. The molecule has 1 amide bonds. The van der Waals surface area contributed by atoms with Gasteiger partial charge in [-0.3, -0.25) is 9.69 Å². The lowest BCUT2D eigenvalue weighted by molar-refractivity contribution is -0.133. The number of hydrogen-bond donors (Lipinski definition) is 0. The lowest BCUT2D eigenvalue weighted by Crippen LogP contribution is -2.52. The maximum atomic E-state index is 12.5. The number of morpholine rings is 1. The number of amides is 1. The highest BCUT2D eigenvalue weighted by Crippen LogP contribution is 2.18. The van der Waals surface area contributed by atoms with Crippen LogP contribution in [0.3, 0.4) is 0 Å². The quantitative estimate of drug-likeness (QED) is 0.854. The number of rotatable bonds is 4. The van der Waals surface area contributed by atoms with Gasteiger partial charge in [0.1, 0.15) is 0 Å².